The number of nitrogens with one attached hydrogen (secondary N) is 1. The van der Waals surface area contributed by atoms with Crippen LogP contribution in [0.5, 0.6) is 0 Å². The van der Waals surface area contributed by atoms with Crippen LogP contribution in [-0.2, 0) is 12.8 Å². The van der Waals surface area contributed by atoms with Gasteiger partial charge in [0.25, 0.3) is 5.56 Å². The molecule has 0 fully saturated rings. The fourth-order valence-electron chi connectivity index (χ4n) is 3.52. The normalized spacial score (nSPS) is 16.0. The monoisotopic (exact) mass is 399 g/mol. The summed E-state index contributed by atoms with van der Waals surface area (Å²) in [6.07, 6.45) is 4.86. The van der Waals surface area contributed by atoms with Crippen molar-refractivity contribution in [2.24, 2.45) is 5.92 Å². The quantitative estimate of drug-likeness (QED) is 0.687. The minimum Gasteiger partial charge on any atom is -0.382 e. The number of nitrogens with zero attached hydrogens (tertiary/aromatic N) is 2. The molecular formula is C21H19Cl2N3O. The molecule has 138 valence electrons. The van der Waals surface area contributed by atoms with Crippen molar-refractivity contribution in [1.82, 2.24) is 9.78 Å². The van der Waals surface area contributed by atoms with Crippen LogP contribution < -0.4 is 10.9 Å². The van der Waals surface area contributed by atoms with Crippen LogP contribution in [0.4, 0.5) is 5.69 Å². The van der Waals surface area contributed by atoms with Crippen LogP contribution in [0.1, 0.15) is 17.5 Å². The summed E-state index contributed by atoms with van der Waals surface area (Å²) in [6.45, 7) is 0.764. The fraction of sp³-hybridized carbons (Fsp3) is 0.238. The van der Waals surface area contributed by atoms with E-state index in [0.29, 0.717) is 22.3 Å². The summed E-state index contributed by atoms with van der Waals surface area (Å²) >= 11 is 12.2. The van der Waals surface area contributed by atoms with Gasteiger partial charge in [0, 0.05) is 11.6 Å². The van der Waals surface area contributed by atoms with E-state index in [1.807, 2.05) is 0 Å². The van der Waals surface area contributed by atoms with Crippen LogP contribution in [0.25, 0.3) is 5.69 Å². The molecule has 6 heteroatoms. The van der Waals surface area contributed by atoms with Gasteiger partial charge in [0.05, 0.1) is 17.6 Å². The summed E-state index contributed by atoms with van der Waals surface area (Å²) in [7, 11) is 0. The van der Waals surface area contributed by atoms with Crippen molar-refractivity contribution in [3.63, 3.8) is 0 Å². The molecule has 2 aromatic carbocycles. The van der Waals surface area contributed by atoms with Crippen LogP contribution >= 0.6 is 23.2 Å². The molecule has 0 bridgehead atoms. The largest absolute Gasteiger partial charge is 0.382 e. The first-order chi connectivity index (χ1) is 13.1. The molecule has 3 aromatic rings. The number of hydrogen-bond acceptors (Lipinski definition) is 3. The minimum absolute atomic E-state index is 0.149. The maximum Gasteiger partial charge on any atom is 0.292 e. The van der Waals surface area contributed by atoms with Crippen molar-refractivity contribution in [3.8, 4) is 5.69 Å². The number of hydrogen-bond donors (Lipinski definition) is 1. The molecule has 0 spiro atoms. The van der Waals surface area contributed by atoms with E-state index in [1.54, 1.807) is 30.5 Å². The van der Waals surface area contributed by atoms with Gasteiger partial charge in [-0.2, -0.15) is 9.78 Å². The number of rotatable bonds is 4. The molecule has 0 aliphatic heterocycles. The van der Waals surface area contributed by atoms with Crippen molar-refractivity contribution >= 4 is 28.9 Å². The third-order valence-corrected chi connectivity index (χ3v) is 5.64. The molecule has 1 N–H and O–H groups in total. The Labute approximate surface area is 167 Å². The highest BCUT2D eigenvalue weighted by atomic mass is 35.5. The van der Waals surface area contributed by atoms with Crippen molar-refractivity contribution in [1.29, 1.82) is 0 Å². The lowest BCUT2D eigenvalue weighted by Gasteiger charge is -2.25. The number of halogens is 2. The second kappa shape index (κ2) is 7.75. The van der Waals surface area contributed by atoms with Gasteiger partial charge >= 0.3 is 0 Å². The maximum atomic E-state index is 12.6. The summed E-state index contributed by atoms with van der Waals surface area (Å²) < 4.78 is 1.28. The molecule has 1 atom stereocenters. The minimum atomic E-state index is -0.349. The lowest BCUT2D eigenvalue weighted by molar-refractivity contribution is 0.480. The van der Waals surface area contributed by atoms with Gasteiger partial charge < -0.3 is 5.32 Å². The van der Waals surface area contributed by atoms with Gasteiger partial charge in [-0.3, -0.25) is 4.79 Å². The third kappa shape index (κ3) is 3.87. The Morgan fingerprint density at radius 1 is 1.07 bits per heavy atom. The second-order valence-electron chi connectivity index (χ2n) is 6.82. The summed E-state index contributed by atoms with van der Waals surface area (Å²) in [5.74, 6) is 0.509. The van der Waals surface area contributed by atoms with E-state index in [2.05, 4.69) is 34.7 Å². The first-order valence-electron chi connectivity index (χ1n) is 8.96. The van der Waals surface area contributed by atoms with E-state index in [4.69, 9.17) is 23.2 Å². The van der Waals surface area contributed by atoms with E-state index in [9.17, 15) is 4.79 Å². The Balaban J connectivity index is 1.48. The first-order valence-corrected chi connectivity index (χ1v) is 9.72. The first kappa shape index (κ1) is 18.1. The maximum absolute atomic E-state index is 12.6. The summed E-state index contributed by atoms with van der Waals surface area (Å²) in [6, 6.07) is 15.5. The van der Waals surface area contributed by atoms with Gasteiger partial charge in [-0.25, -0.2) is 0 Å². The third-order valence-electron chi connectivity index (χ3n) is 5.02. The van der Waals surface area contributed by atoms with Gasteiger partial charge in [0.15, 0.2) is 0 Å². The fourth-order valence-corrected chi connectivity index (χ4v) is 3.85. The van der Waals surface area contributed by atoms with E-state index in [1.165, 1.54) is 15.8 Å². The molecule has 1 heterocycles. The zero-order valence-electron chi connectivity index (χ0n) is 14.7. The molecule has 0 radical (unpaired) electrons. The standard InChI is InChI=1S/C21H19Cl2N3O/c22-17-7-9-18(10-8-17)26-21(27)20(23)19(13-25-26)24-12-14-5-6-15-3-1-2-4-16(15)11-14/h1-4,7-10,13-14,24H,5-6,11-12H2. The number of aromatic nitrogens is 2. The predicted octanol–water partition coefficient (Wildman–Crippen LogP) is 4.76. The smallest absolute Gasteiger partial charge is 0.292 e. The van der Waals surface area contributed by atoms with Gasteiger partial charge in [0.1, 0.15) is 5.02 Å². The Bertz CT molecular complexity index is 1010. The average Bonchev–Trinajstić information content (AvgIpc) is 2.70. The van der Waals surface area contributed by atoms with Crippen LogP contribution in [-0.4, -0.2) is 16.3 Å². The van der Waals surface area contributed by atoms with Crippen LogP contribution in [0.3, 0.4) is 0 Å². The van der Waals surface area contributed by atoms with Crippen molar-refractivity contribution in [2.75, 3.05) is 11.9 Å². The van der Waals surface area contributed by atoms with Crippen LogP contribution in [0, 0.1) is 5.92 Å². The highest BCUT2D eigenvalue weighted by Crippen LogP contribution is 2.26. The van der Waals surface area contributed by atoms with Gasteiger partial charge in [0.2, 0.25) is 0 Å². The molecule has 1 aromatic heterocycles. The van der Waals surface area contributed by atoms with Gasteiger partial charge in [-0.05, 0) is 60.6 Å². The number of anilines is 1. The average molecular weight is 400 g/mol. The highest BCUT2D eigenvalue weighted by molar-refractivity contribution is 6.33. The second-order valence-corrected chi connectivity index (χ2v) is 7.64. The summed E-state index contributed by atoms with van der Waals surface area (Å²) in [5.41, 5.74) is 3.71. The van der Waals surface area contributed by atoms with E-state index in [-0.39, 0.29) is 10.6 Å². The van der Waals surface area contributed by atoms with Crippen molar-refractivity contribution in [2.45, 2.75) is 19.3 Å². The van der Waals surface area contributed by atoms with E-state index in [0.717, 1.165) is 25.8 Å². The van der Waals surface area contributed by atoms with E-state index < -0.39 is 0 Å². The number of fused-ring (bicyclic) bond motifs is 1. The predicted molar refractivity (Wildman–Crippen MR) is 110 cm³/mol. The Kier molecular flexibility index (Phi) is 5.19. The topological polar surface area (TPSA) is 46.9 Å². The molecular weight excluding hydrogens is 381 g/mol. The van der Waals surface area contributed by atoms with Crippen LogP contribution in [0.2, 0.25) is 10.0 Å². The molecule has 0 amide bonds. The molecule has 4 nitrogen and oxygen atoms in total. The highest BCUT2D eigenvalue weighted by Gasteiger charge is 2.19. The lowest BCUT2D eigenvalue weighted by atomic mass is 9.84. The number of aryl methyl sites for hydroxylation is 1. The van der Waals surface area contributed by atoms with Crippen molar-refractivity contribution in [3.05, 3.63) is 86.3 Å². The number of benzene rings is 2. The molecule has 4 rings (SSSR count). The SMILES string of the molecule is O=c1c(Cl)c(NCC2CCc3ccccc3C2)cnn1-c1ccc(Cl)cc1. The Morgan fingerprint density at radius 2 is 1.81 bits per heavy atom. The van der Waals surface area contributed by atoms with Crippen LogP contribution in [0.15, 0.2) is 59.5 Å². The summed E-state index contributed by atoms with van der Waals surface area (Å²) in [4.78, 5) is 12.6. The van der Waals surface area contributed by atoms with E-state index >= 15 is 0 Å². The van der Waals surface area contributed by atoms with Crippen molar-refractivity contribution < 1.29 is 0 Å². The van der Waals surface area contributed by atoms with Gasteiger partial charge in [-0.1, -0.05) is 47.5 Å². The zero-order valence-corrected chi connectivity index (χ0v) is 16.2. The van der Waals surface area contributed by atoms with Gasteiger partial charge in [-0.15, -0.1) is 0 Å². The molecule has 0 saturated heterocycles. The Hall–Kier alpha value is -2.30. The molecule has 27 heavy (non-hydrogen) atoms. The Morgan fingerprint density at radius 3 is 2.59 bits per heavy atom. The molecule has 0 saturated carbocycles. The zero-order chi connectivity index (χ0) is 18.8. The lowest BCUT2D eigenvalue weighted by Crippen LogP contribution is -2.25. The molecule has 1 aliphatic carbocycles. The molecule has 1 unspecified atom stereocenters. The molecule has 1 aliphatic rings. The summed E-state index contributed by atoms with van der Waals surface area (Å²) in [5, 5.41) is 8.32.